The SMILES string of the molecule is CC(C)Sc1nc2sc3c(c2c2nnc(SCCN4CCCCC4)n12)CC(C)(C)OC3. The molecule has 0 unspecified atom stereocenters. The zero-order valence-corrected chi connectivity index (χ0v) is 21.3. The number of likely N-dealkylation sites (tertiary alicyclic amines) is 1. The number of aromatic nitrogens is 4. The van der Waals surface area contributed by atoms with Gasteiger partial charge in [-0.15, -0.1) is 21.5 Å². The molecule has 3 aromatic rings. The molecule has 31 heavy (non-hydrogen) atoms. The highest BCUT2D eigenvalue weighted by Gasteiger charge is 2.31. The van der Waals surface area contributed by atoms with Crippen LogP contribution in [0.15, 0.2) is 10.3 Å². The lowest BCUT2D eigenvalue weighted by Crippen LogP contribution is -2.31. The van der Waals surface area contributed by atoms with Crippen molar-refractivity contribution >= 4 is 50.7 Å². The molecule has 0 N–H and O–H groups in total. The summed E-state index contributed by atoms with van der Waals surface area (Å²) in [6.07, 6.45) is 4.93. The zero-order valence-electron chi connectivity index (χ0n) is 18.8. The molecule has 0 spiro atoms. The minimum absolute atomic E-state index is 0.157. The fourth-order valence-corrected chi connectivity index (χ4v) is 7.41. The highest BCUT2D eigenvalue weighted by Crippen LogP contribution is 2.41. The molecule has 0 amide bonds. The first kappa shape index (κ1) is 21.9. The van der Waals surface area contributed by atoms with Crippen molar-refractivity contribution < 1.29 is 4.74 Å². The summed E-state index contributed by atoms with van der Waals surface area (Å²) >= 11 is 5.36. The van der Waals surface area contributed by atoms with Crippen LogP contribution in [0.3, 0.4) is 0 Å². The molecule has 0 aliphatic carbocycles. The fourth-order valence-electron chi connectivity index (χ4n) is 4.42. The van der Waals surface area contributed by atoms with Gasteiger partial charge in [-0.2, -0.15) is 0 Å². The van der Waals surface area contributed by atoms with E-state index < -0.39 is 0 Å². The van der Waals surface area contributed by atoms with E-state index in [4.69, 9.17) is 14.8 Å². The number of ether oxygens (including phenoxy) is 1. The third-order valence-electron chi connectivity index (χ3n) is 5.94. The van der Waals surface area contributed by atoms with E-state index in [1.54, 1.807) is 23.1 Å². The molecule has 5 rings (SSSR count). The Labute approximate surface area is 196 Å². The van der Waals surface area contributed by atoms with Gasteiger partial charge in [0.1, 0.15) is 4.83 Å². The first-order valence-corrected chi connectivity index (χ1v) is 13.9. The summed E-state index contributed by atoms with van der Waals surface area (Å²) in [5.41, 5.74) is 2.16. The van der Waals surface area contributed by atoms with Crippen molar-refractivity contribution in [3.63, 3.8) is 0 Å². The summed E-state index contributed by atoms with van der Waals surface area (Å²) in [7, 11) is 0. The lowest BCUT2D eigenvalue weighted by molar-refractivity contribution is -0.0379. The van der Waals surface area contributed by atoms with Crippen LogP contribution in [0, 0.1) is 0 Å². The largest absolute Gasteiger partial charge is 0.370 e. The van der Waals surface area contributed by atoms with E-state index in [-0.39, 0.29) is 5.60 Å². The zero-order chi connectivity index (χ0) is 21.6. The van der Waals surface area contributed by atoms with Crippen LogP contribution in [-0.4, -0.2) is 60.7 Å². The predicted octanol–water partition coefficient (Wildman–Crippen LogP) is 5.27. The number of piperidine rings is 1. The van der Waals surface area contributed by atoms with Crippen molar-refractivity contribution in [2.75, 3.05) is 25.4 Å². The molecule has 2 aliphatic heterocycles. The van der Waals surface area contributed by atoms with Crippen molar-refractivity contribution in [2.45, 2.75) is 81.1 Å². The quantitative estimate of drug-likeness (QED) is 0.354. The van der Waals surface area contributed by atoms with Crippen molar-refractivity contribution in [3.8, 4) is 0 Å². The van der Waals surface area contributed by atoms with Gasteiger partial charge in [-0.3, -0.25) is 0 Å². The molecular weight excluding hydrogens is 446 g/mol. The van der Waals surface area contributed by atoms with Gasteiger partial charge < -0.3 is 9.64 Å². The Morgan fingerprint density at radius 2 is 1.94 bits per heavy atom. The van der Waals surface area contributed by atoms with Crippen LogP contribution in [0.25, 0.3) is 15.9 Å². The predicted molar refractivity (Wildman–Crippen MR) is 131 cm³/mol. The molecule has 3 aromatic heterocycles. The monoisotopic (exact) mass is 477 g/mol. The van der Waals surface area contributed by atoms with Gasteiger partial charge in [-0.1, -0.05) is 43.8 Å². The van der Waals surface area contributed by atoms with Gasteiger partial charge in [0.05, 0.1) is 17.6 Å². The second kappa shape index (κ2) is 8.82. The fraction of sp³-hybridized carbons (Fsp3) is 0.682. The Hall–Kier alpha value is -0.870. The second-order valence-electron chi connectivity index (χ2n) is 9.36. The van der Waals surface area contributed by atoms with E-state index in [0.717, 1.165) is 39.5 Å². The summed E-state index contributed by atoms with van der Waals surface area (Å²) < 4.78 is 8.28. The van der Waals surface area contributed by atoms with E-state index >= 15 is 0 Å². The molecule has 0 radical (unpaired) electrons. The first-order valence-electron chi connectivity index (χ1n) is 11.3. The number of thioether (sulfide) groups is 2. The van der Waals surface area contributed by atoms with Crippen LogP contribution < -0.4 is 0 Å². The summed E-state index contributed by atoms with van der Waals surface area (Å²) in [5, 5.41) is 12.9. The highest BCUT2D eigenvalue weighted by molar-refractivity contribution is 8.00. The maximum atomic E-state index is 6.07. The molecule has 168 valence electrons. The van der Waals surface area contributed by atoms with Gasteiger partial charge in [0.2, 0.25) is 0 Å². The number of hydrogen-bond donors (Lipinski definition) is 0. The number of nitrogens with zero attached hydrogens (tertiary/aromatic N) is 5. The molecule has 0 aromatic carbocycles. The van der Waals surface area contributed by atoms with E-state index in [1.807, 2.05) is 11.8 Å². The van der Waals surface area contributed by atoms with Crippen LogP contribution >= 0.6 is 34.9 Å². The van der Waals surface area contributed by atoms with Crippen LogP contribution in [0.4, 0.5) is 0 Å². The number of rotatable bonds is 6. The Morgan fingerprint density at radius 1 is 1.13 bits per heavy atom. The highest BCUT2D eigenvalue weighted by atomic mass is 32.2. The second-order valence-corrected chi connectivity index (χ2v) is 13.1. The van der Waals surface area contributed by atoms with Crippen molar-refractivity contribution in [1.29, 1.82) is 0 Å². The van der Waals surface area contributed by atoms with Gasteiger partial charge in [0.15, 0.2) is 16.0 Å². The van der Waals surface area contributed by atoms with Crippen LogP contribution in [0.5, 0.6) is 0 Å². The lowest BCUT2D eigenvalue weighted by Gasteiger charge is -2.30. The molecule has 5 heterocycles. The molecule has 2 aliphatic rings. The smallest absolute Gasteiger partial charge is 0.197 e. The maximum Gasteiger partial charge on any atom is 0.197 e. The third-order valence-corrected chi connectivity index (χ3v) is 8.91. The summed E-state index contributed by atoms with van der Waals surface area (Å²) in [5.74, 6) is 1.03. The molecule has 6 nitrogen and oxygen atoms in total. The minimum Gasteiger partial charge on any atom is -0.370 e. The van der Waals surface area contributed by atoms with E-state index in [2.05, 4.69) is 42.1 Å². The average Bonchev–Trinajstić information content (AvgIpc) is 3.29. The molecule has 0 bridgehead atoms. The number of thiophene rings is 1. The van der Waals surface area contributed by atoms with Gasteiger partial charge >= 0.3 is 0 Å². The van der Waals surface area contributed by atoms with E-state index in [0.29, 0.717) is 11.9 Å². The van der Waals surface area contributed by atoms with Crippen molar-refractivity contribution in [2.24, 2.45) is 0 Å². The Morgan fingerprint density at radius 3 is 2.71 bits per heavy atom. The number of hydrogen-bond acceptors (Lipinski definition) is 8. The minimum atomic E-state index is -0.157. The Kier molecular flexibility index (Phi) is 6.24. The first-order chi connectivity index (χ1) is 14.9. The van der Waals surface area contributed by atoms with Crippen LogP contribution in [0.2, 0.25) is 0 Å². The van der Waals surface area contributed by atoms with Gasteiger partial charge in [-0.25, -0.2) is 9.38 Å². The molecular formula is C22H31N5OS3. The van der Waals surface area contributed by atoms with Crippen LogP contribution in [0.1, 0.15) is 57.4 Å². The summed E-state index contributed by atoms with van der Waals surface area (Å²) in [4.78, 5) is 10.1. The summed E-state index contributed by atoms with van der Waals surface area (Å²) in [6, 6.07) is 0. The van der Waals surface area contributed by atoms with Crippen molar-refractivity contribution in [3.05, 3.63) is 10.4 Å². The molecule has 0 saturated carbocycles. The lowest BCUT2D eigenvalue weighted by atomic mass is 9.94. The average molecular weight is 478 g/mol. The molecule has 1 fully saturated rings. The maximum absolute atomic E-state index is 6.07. The van der Waals surface area contributed by atoms with Gasteiger partial charge in [0.25, 0.3) is 0 Å². The van der Waals surface area contributed by atoms with E-state index in [9.17, 15) is 0 Å². The molecule has 0 atom stereocenters. The van der Waals surface area contributed by atoms with Gasteiger partial charge in [0, 0.05) is 28.8 Å². The Bertz CT molecular complexity index is 1080. The Balaban J connectivity index is 1.52. The third kappa shape index (κ3) is 4.49. The number of fused-ring (bicyclic) bond motifs is 5. The normalized spacial score (nSPS) is 19.5. The van der Waals surface area contributed by atoms with Crippen LogP contribution in [-0.2, 0) is 17.8 Å². The van der Waals surface area contributed by atoms with E-state index in [1.165, 1.54) is 48.2 Å². The van der Waals surface area contributed by atoms with Crippen molar-refractivity contribution in [1.82, 2.24) is 24.5 Å². The topological polar surface area (TPSA) is 55.6 Å². The molecule has 1 saturated heterocycles. The molecule has 9 heteroatoms. The van der Waals surface area contributed by atoms with Gasteiger partial charge in [-0.05, 0) is 45.3 Å². The summed E-state index contributed by atoms with van der Waals surface area (Å²) in [6.45, 7) is 13.0. The standard InChI is InChI=1S/C22H31N5OS3/c1-14(2)30-20-23-19-17(15-12-22(3,4)28-13-16(15)31-19)18-24-25-21(27(18)20)29-11-10-26-8-6-5-7-9-26/h14H,5-13H2,1-4H3.